The molecule has 4 rings (SSSR count). The number of nitrogens with one attached hydrogen (secondary N) is 2. The first-order valence-electron chi connectivity index (χ1n) is 13.2. The fraction of sp³-hybridized carbons (Fsp3) is 0.571. The number of likely N-dealkylation sites (tertiary alicyclic amines) is 1. The summed E-state index contributed by atoms with van der Waals surface area (Å²) in [6.45, 7) is 5.73. The smallest absolute Gasteiger partial charge is 0.325 e. The van der Waals surface area contributed by atoms with E-state index in [0.717, 1.165) is 37.2 Å². The Morgan fingerprint density at radius 3 is 2.36 bits per heavy atom. The van der Waals surface area contributed by atoms with Crippen LogP contribution in [-0.4, -0.2) is 86.5 Å². The number of carbonyl (C=O) groups excluding carboxylic acids is 3. The molecule has 3 atom stereocenters. The van der Waals surface area contributed by atoms with Crippen LogP contribution in [0.4, 0.5) is 0 Å². The molecule has 212 valence electrons. The van der Waals surface area contributed by atoms with Crippen molar-refractivity contribution in [2.75, 3.05) is 48.0 Å². The lowest BCUT2D eigenvalue weighted by Crippen LogP contribution is -2.42. The first-order valence-corrected chi connectivity index (χ1v) is 13.2. The van der Waals surface area contributed by atoms with Crippen LogP contribution in [0.3, 0.4) is 0 Å². The van der Waals surface area contributed by atoms with Crippen molar-refractivity contribution >= 4 is 17.8 Å². The van der Waals surface area contributed by atoms with Gasteiger partial charge >= 0.3 is 5.97 Å². The number of rotatable bonds is 11. The van der Waals surface area contributed by atoms with Crippen LogP contribution in [0.15, 0.2) is 24.3 Å². The summed E-state index contributed by atoms with van der Waals surface area (Å²) in [5.74, 6) is 0.154. The van der Waals surface area contributed by atoms with Crippen molar-refractivity contribution < 1.29 is 28.6 Å². The topological polar surface area (TPSA) is 124 Å². The molecule has 0 radical (unpaired) electrons. The predicted molar refractivity (Wildman–Crippen MR) is 145 cm³/mol. The van der Waals surface area contributed by atoms with Crippen molar-refractivity contribution in [3.05, 3.63) is 30.0 Å². The highest BCUT2D eigenvalue weighted by Gasteiger charge is 2.51. The second-order valence-corrected chi connectivity index (χ2v) is 11.0. The molecule has 1 aliphatic carbocycles. The van der Waals surface area contributed by atoms with E-state index in [1.807, 2.05) is 22.9 Å². The van der Waals surface area contributed by atoms with E-state index in [1.54, 1.807) is 20.3 Å². The molecule has 1 aromatic carbocycles. The molecule has 11 nitrogen and oxygen atoms in total. The maximum Gasteiger partial charge on any atom is 0.325 e. The molecule has 1 aromatic heterocycles. The zero-order valence-electron chi connectivity index (χ0n) is 23.6. The monoisotopic (exact) mass is 541 g/mol. The van der Waals surface area contributed by atoms with Gasteiger partial charge in [-0.3, -0.25) is 19.1 Å². The Morgan fingerprint density at radius 2 is 1.82 bits per heavy atom. The number of hydrogen-bond acceptors (Lipinski definition) is 8. The van der Waals surface area contributed by atoms with E-state index in [2.05, 4.69) is 41.2 Å². The van der Waals surface area contributed by atoms with Crippen LogP contribution in [0.5, 0.6) is 11.5 Å². The van der Waals surface area contributed by atoms with Crippen molar-refractivity contribution in [1.82, 2.24) is 25.3 Å². The Morgan fingerprint density at radius 1 is 1.15 bits per heavy atom. The van der Waals surface area contributed by atoms with Crippen LogP contribution in [0.1, 0.15) is 49.6 Å². The molecule has 2 aliphatic rings. The molecule has 11 heteroatoms. The molecule has 2 unspecified atom stereocenters. The summed E-state index contributed by atoms with van der Waals surface area (Å²) in [5.41, 5.74) is 1.72. The lowest BCUT2D eigenvalue weighted by atomic mass is 10.0. The van der Waals surface area contributed by atoms with Gasteiger partial charge in [0, 0.05) is 19.0 Å². The number of esters is 1. The Labute approximate surface area is 229 Å². The van der Waals surface area contributed by atoms with E-state index in [9.17, 15) is 14.4 Å². The molecule has 2 fully saturated rings. The highest BCUT2D eigenvalue weighted by atomic mass is 16.5. The Bertz CT molecular complexity index is 1200. The van der Waals surface area contributed by atoms with Gasteiger partial charge in [0.2, 0.25) is 5.91 Å². The fourth-order valence-electron chi connectivity index (χ4n) is 5.43. The third kappa shape index (κ3) is 6.35. The summed E-state index contributed by atoms with van der Waals surface area (Å²) in [6.07, 6.45) is 1.83. The van der Waals surface area contributed by atoms with Crippen LogP contribution in [0.2, 0.25) is 0 Å². The number of methoxy groups -OCH3 is 3. The van der Waals surface area contributed by atoms with Gasteiger partial charge in [-0.25, -0.2) is 0 Å². The van der Waals surface area contributed by atoms with E-state index in [0.29, 0.717) is 11.5 Å². The van der Waals surface area contributed by atoms with Crippen molar-refractivity contribution in [3.8, 4) is 22.8 Å². The van der Waals surface area contributed by atoms with Crippen LogP contribution in [0.25, 0.3) is 11.3 Å². The Balaban J connectivity index is 1.63. The zero-order chi connectivity index (χ0) is 28.3. The average molecular weight is 542 g/mol. The summed E-state index contributed by atoms with van der Waals surface area (Å²) in [4.78, 5) is 39.9. The highest BCUT2D eigenvalue weighted by Crippen LogP contribution is 2.54. The van der Waals surface area contributed by atoms with Gasteiger partial charge in [0.1, 0.15) is 18.0 Å². The number of hydrogen-bond donors (Lipinski definition) is 2. The van der Waals surface area contributed by atoms with Crippen molar-refractivity contribution in [2.24, 2.45) is 11.3 Å². The standard InChI is InChI=1S/C28H39N5O6/c1-28(2)14-18(28)19(13-24(34)29-15-25(35)39-6)30-27(36)20-12-21(33(31-20)17-10-11-32(3)16-17)26-22(37-4)8-7-9-23(26)38-5/h7-9,12,17-19H,10-11,13-16H2,1-6H3,(H,29,34)(H,30,36)/t17?,18?,19-/m1/s1. The number of ether oxygens (including phenoxy) is 3. The maximum atomic E-state index is 13.6. The van der Waals surface area contributed by atoms with Gasteiger partial charge in [0.25, 0.3) is 5.91 Å². The first kappa shape index (κ1) is 28.4. The number of amides is 2. The molecular formula is C28H39N5O6. The molecule has 1 saturated carbocycles. The minimum absolute atomic E-state index is 0.00427. The van der Waals surface area contributed by atoms with Crippen LogP contribution in [0, 0.1) is 11.3 Å². The summed E-state index contributed by atoms with van der Waals surface area (Å²) < 4.78 is 17.8. The molecule has 2 aromatic rings. The largest absolute Gasteiger partial charge is 0.496 e. The lowest BCUT2D eigenvalue weighted by Gasteiger charge is -2.19. The summed E-state index contributed by atoms with van der Waals surface area (Å²) in [5, 5.41) is 10.4. The molecule has 1 saturated heterocycles. The van der Waals surface area contributed by atoms with Gasteiger partial charge in [0.05, 0.1) is 38.6 Å². The molecule has 1 aliphatic heterocycles. The van der Waals surface area contributed by atoms with E-state index in [-0.39, 0.29) is 47.8 Å². The number of carbonyl (C=O) groups is 3. The normalized spacial score (nSPS) is 20.7. The van der Waals surface area contributed by atoms with E-state index in [4.69, 9.17) is 14.6 Å². The second-order valence-electron chi connectivity index (χ2n) is 11.0. The number of aromatic nitrogens is 2. The predicted octanol–water partition coefficient (Wildman–Crippen LogP) is 2.27. The van der Waals surface area contributed by atoms with Gasteiger partial charge in [0.15, 0.2) is 5.69 Å². The quantitative estimate of drug-likeness (QED) is 0.415. The third-order valence-electron chi connectivity index (χ3n) is 7.82. The van der Waals surface area contributed by atoms with E-state index in [1.165, 1.54) is 7.11 Å². The van der Waals surface area contributed by atoms with E-state index < -0.39 is 12.0 Å². The highest BCUT2D eigenvalue weighted by molar-refractivity contribution is 5.94. The molecular weight excluding hydrogens is 502 g/mol. The Hall–Kier alpha value is -3.60. The molecule has 2 heterocycles. The summed E-state index contributed by atoms with van der Waals surface area (Å²) in [7, 11) is 6.53. The van der Waals surface area contributed by atoms with E-state index >= 15 is 0 Å². The third-order valence-corrected chi connectivity index (χ3v) is 7.82. The van der Waals surface area contributed by atoms with Crippen LogP contribution >= 0.6 is 0 Å². The van der Waals surface area contributed by atoms with Crippen LogP contribution in [-0.2, 0) is 14.3 Å². The number of benzene rings is 1. The van der Waals surface area contributed by atoms with Gasteiger partial charge < -0.3 is 29.7 Å². The zero-order valence-corrected chi connectivity index (χ0v) is 23.6. The molecule has 2 N–H and O–H groups in total. The SMILES string of the molecule is COC(=O)CNC(=O)C[C@@H](NC(=O)c1cc(-c2c(OC)cccc2OC)n(C2CCN(C)C2)n1)C1CC1(C)C. The van der Waals surface area contributed by atoms with Crippen molar-refractivity contribution in [2.45, 2.75) is 45.2 Å². The molecule has 39 heavy (non-hydrogen) atoms. The second kappa shape index (κ2) is 11.6. The maximum absolute atomic E-state index is 13.6. The van der Waals surface area contributed by atoms with Crippen LogP contribution < -0.4 is 20.1 Å². The molecule has 0 spiro atoms. The minimum Gasteiger partial charge on any atom is -0.496 e. The number of likely N-dealkylation sites (N-methyl/N-ethyl adjacent to an activating group) is 1. The minimum atomic E-state index is -0.530. The molecule has 2 amide bonds. The van der Waals surface area contributed by atoms with Crippen molar-refractivity contribution in [1.29, 1.82) is 0 Å². The molecule has 0 bridgehead atoms. The number of nitrogens with zero attached hydrogens (tertiary/aromatic N) is 3. The Kier molecular flexibility index (Phi) is 8.48. The lowest BCUT2D eigenvalue weighted by molar-refractivity contribution is -0.141. The van der Waals surface area contributed by atoms with Gasteiger partial charge in [-0.1, -0.05) is 19.9 Å². The van der Waals surface area contributed by atoms with Crippen molar-refractivity contribution in [3.63, 3.8) is 0 Å². The summed E-state index contributed by atoms with van der Waals surface area (Å²) >= 11 is 0. The van der Waals surface area contributed by atoms with Gasteiger partial charge in [-0.05, 0) is 56.0 Å². The van der Waals surface area contributed by atoms with Gasteiger partial charge in [-0.2, -0.15) is 5.10 Å². The average Bonchev–Trinajstić information content (AvgIpc) is 3.23. The first-order chi connectivity index (χ1) is 18.6. The summed E-state index contributed by atoms with van der Waals surface area (Å²) in [6, 6.07) is 6.99. The van der Waals surface area contributed by atoms with Gasteiger partial charge in [-0.15, -0.1) is 0 Å². The fourth-order valence-corrected chi connectivity index (χ4v) is 5.43.